The van der Waals surface area contributed by atoms with Gasteiger partial charge in [0.1, 0.15) is 6.04 Å². The molecule has 0 bridgehead atoms. The lowest BCUT2D eigenvalue weighted by atomic mass is 10.2. The van der Waals surface area contributed by atoms with E-state index in [0.29, 0.717) is 37.8 Å². The smallest absolute Gasteiger partial charge is 0.378 e. The van der Waals surface area contributed by atoms with Crippen LogP contribution in [0.3, 0.4) is 0 Å². The van der Waals surface area contributed by atoms with E-state index in [9.17, 15) is 18.0 Å². The number of ether oxygens (including phenoxy) is 1. The lowest BCUT2D eigenvalue weighted by molar-refractivity contribution is -0.144. The van der Waals surface area contributed by atoms with Crippen LogP contribution in [0.25, 0.3) is 0 Å². The molecule has 1 aromatic heterocycles. The van der Waals surface area contributed by atoms with E-state index in [2.05, 4.69) is 14.7 Å². The molecular weight excluding hydrogens is 297 g/mol. The number of anilines is 1. The predicted molar refractivity (Wildman–Crippen MR) is 65.4 cm³/mol. The van der Waals surface area contributed by atoms with Crippen LogP contribution in [0.15, 0.2) is 0 Å². The van der Waals surface area contributed by atoms with Crippen molar-refractivity contribution in [1.29, 1.82) is 0 Å². The zero-order chi connectivity index (χ0) is 14.8. The van der Waals surface area contributed by atoms with Gasteiger partial charge in [0.25, 0.3) is 0 Å². The summed E-state index contributed by atoms with van der Waals surface area (Å²) in [4.78, 5) is 17.0. The summed E-state index contributed by atoms with van der Waals surface area (Å²) in [5.41, 5.74) is 0. The molecule has 0 aliphatic carbocycles. The number of rotatable bonds is 3. The van der Waals surface area contributed by atoms with Crippen LogP contribution < -0.4 is 5.32 Å². The van der Waals surface area contributed by atoms with Crippen LogP contribution in [0.1, 0.15) is 12.7 Å². The number of carbonyl (C=O) groups excluding carboxylic acids is 1. The van der Waals surface area contributed by atoms with Crippen molar-refractivity contribution in [2.45, 2.75) is 19.1 Å². The number of hydrogen-bond acceptors (Lipinski definition) is 6. The fraction of sp³-hybridized carbons (Fsp3) is 0.700. The van der Waals surface area contributed by atoms with Crippen molar-refractivity contribution in [2.24, 2.45) is 0 Å². The normalized spacial score (nSPS) is 17.9. The fourth-order valence-corrected chi connectivity index (χ4v) is 2.38. The van der Waals surface area contributed by atoms with Crippen molar-refractivity contribution >= 4 is 22.6 Å². The Morgan fingerprint density at radius 1 is 1.45 bits per heavy atom. The molecule has 1 saturated heterocycles. The summed E-state index contributed by atoms with van der Waals surface area (Å²) in [6.45, 7) is 3.47. The molecule has 1 aromatic rings. The molecule has 0 spiro atoms. The monoisotopic (exact) mass is 310 g/mol. The number of carbonyl (C=O) groups is 1. The molecule has 2 heterocycles. The second kappa shape index (κ2) is 5.92. The average Bonchev–Trinajstić information content (AvgIpc) is 2.87. The Balaban J connectivity index is 1.95. The maximum Gasteiger partial charge on any atom is 0.452 e. The number of amides is 1. The molecule has 1 atom stereocenters. The number of nitrogens with one attached hydrogen (secondary N) is 1. The Morgan fingerprint density at radius 3 is 2.65 bits per heavy atom. The lowest BCUT2D eigenvalue weighted by Gasteiger charge is -2.29. The molecule has 1 N–H and O–H groups in total. The van der Waals surface area contributed by atoms with Crippen LogP contribution in [0.4, 0.5) is 18.3 Å². The first-order valence-electron chi connectivity index (χ1n) is 5.92. The minimum atomic E-state index is -4.58. The molecule has 10 heteroatoms. The van der Waals surface area contributed by atoms with Crippen molar-refractivity contribution in [3.8, 4) is 0 Å². The third-order valence-corrected chi connectivity index (χ3v) is 3.36. The van der Waals surface area contributed by atoms with E-state index < -0.39 is 18.0 Å². The van der Waals surface area contributed by atoms with E-state index in [1.807, 2.05) is 0 Å². The van der Waals surface area contributed by atoms with Gasteiger partial charge in [0.05, 0.1) is 13.2 Å². The summed E-state index contributed by atoms with van der Waals surface area (Å²) < 4.78 is 45.4. The van der Waals surface area contributed by atoms with Gasteiger partial charge in [-0.2, -0.15) is 22.5 Å². The standard InChI is InChI=1S/C10H13F3N4O2S/c1-6(7(18)17-2-4-19-5-3-17)14-9-15-8(16-20-9)10(11,12)13/h6H,2-5H2,1H3,(H,14,15,16). The maximum absolute atomic E-state index is 12.4. The van der Waals surface area contributed by atoms with Gasteiger partial charge in [-0.05, 0) is 6.92 Å². The van der Waals surface area contributed by atoms with Gasteiger partial charge in [-0.3, -0.25) is 4.79 Å². The Hall–Kier alpha value is -1.42. The van der Waals surface area contributed by atoms with Gasteiger partial charge in [0.2, 0.25) is 16.9 Å². The van der Waals surface area contributed by atoms with Crippen LogP contribution >= 0.6 is 11.5 Å². The van der Waals surface area contributed by atoms with Crippen LogP contribution in [0.5, 0.6) is 0 Å². The van der Waals surface area contributed by atoms with E-state index in [0.717, 1.165) is 0 Å². The minimum absolute atomic E-state index is 0.0218. The second-order valence-electron chi connectivity index (χ2n) is 4.22. The van der Waals surface area contributed by atoms with Crippen molar-refractivity contribution < 1.29 is 22.7 Å². The first kappa shape index (κ1) is 15.0. The quantitative estimate of drug-likeness (QED) is 0.909. The number of hydrogen-bond donors (Lipinski definition) is 1. The van der Waals surface area contributed by atoms with E-state index >= 15 is 0 Å². The van der Waals surface area contributed by atoms with E-state index in [1.54, 1.807) is 11.8 Å². The highest BCUT2D eigenvalue weighted by atomic mass is 32.1. The summed E-state index contributed by atoms with van der Waals surface area (Å²) >= 11 is 0.581. The number of alkyl halides is 3. The molecule has 2 rings (SSSR count). The summed E-state index contributed by atoms with van der Waals surface area (Å²) in [6, 6.07) is -0.665. The van der Waals surface area contributed by atoms with E-state index in [-0.39, 0.29) is 11.0 Å². The van der Waals surface area contributed by atoms with Gasteiger partial charge in [-0.1, -0.05) is 0 Å². The Morgan fingerprint density at radius 2 is 2.10 bits per heavy atom. The zero-order valence-corrected chi connectivity index (χ0v) is 11.4. The minimum Gasteiger partial charge on any atom is -0.378 e. The number of nitrogens with zero attached hydrogens (tertiary/aromatic N) is 3. The number of morpholine rings is 1. The van der Waals surface area contributed by atoms with Crippen molar-refractivity contribution in [1.82, 2.24) is 14.3 Å². The van der Waals surface area contributed by atoms with Crippen LogP contribution in [0.2, 0.25) is 0 Å². The fourth-order valence-electron chi connectivity index (χ4n) is 1.70. The third kappa shape index (κ3) is 3.57. The Labute approximate surface area is 117 Å². The molecule has 1 aliphatic heterocycles. The predicted octanol–water partition coefficient (Wildman–Crippen LogP) is 1.22. The molecule has 20 heavy (non-hydrogen) atoms. The Bertz CT molecular complexity index is 473. The first-order valence-corrected chi connectivity index (χ1v) is 6.69. The molecular formula is C10H13F3N4O2S. The van der Waals surface area contributed by atoms with Crippen LogP contribution in [-0.2, 0) is 15.7 Å². The number of aromatic nitrogens is 2. The molecule has 1 aliphatic rings. The van der Waals surface area contributed by atoms with E-state index in [1.165, 1.54) is 0 Å². The SMILES string of the molecule is CC(Nc1nc(C(F)(F)F)ns1)C(=O)N1CCOCC1. The van der Waals surface area contributed by atoms with Gasteiger partial charge in [-0.25, -0.2) is 0 Å². The highest BCUT2D eigenvalue weighted by Gasteiger charge is 2.36. The highest BCUT2D eigenvalue weighted by Crippen LogP contribution is 2.29. The first-order chi connectivity index (χ1) is 9.38. The van der Waals surface area contributed by atoms with Crippen LogP contribution in [-0.4, -0.2) is 52.5 Å². The van der Waals surface area contributed by atoms with Gasteiger partial charge in [0.15, 0.2) is 0 Å². The zero-order valence-electron chi connectivity index (χ0n) is 10.6. The summed E-state index contributed by atoms with van der Waals surface area (Å²) in [5, 5.41) is 2.62. The molecule has 112 valence electrons. The average molecular weight is 310 g/mol. The number of halogens is 3. The summed E-state index contributed by atoms with van der Waals surface area (Å²) in [7, 11) is 0. The lowest BCUT2D eigenvalue weighted by Crippen LogP contribution is -2.47. The van der Waals surface area contributed by atoms with Gasteiger partial charge in [0, 0.05) is 24.6 Å². The van der Waals surface area contributed by atoms with Gasteiger partial charge < -0.3 is 15.0 Å². The second-order valence-corrected chi connectivity index (χ2v) is 4.98. The molecule has 0 radical (unpaired) electrons. The maximum atomic E-state index is 12.4. The van der Waals surface area contributed by atoms with Gasteiger partial charge in [-0.15, -0.1) is 0 Å². The van der Waals surface area contributed by atoms with Crippen molar-refractivity contribution in [3.63, 3.8) is 0 Å². The Kier molecular flexibility index (Phi) is 4.43. The van der Waals surface area contributed by atoms with Gasteiger partial charge >= 0.3 is 6.18 Å². The topological polar surface area (TPSA) is 67.4 Å². The van der Waals surface area contributed by atoms with Crippen molar-refractivity contribution in [3.05, 3.63) is 5.82 Å². The highest BCUT2D eigenvalue weighted by molar-refractivity contribution is 7.09. The largest absolute Gasteiger partial charge is 0.452 e. The summed E-state index contributed by atoms with van der Waals surface area (Å²) in [5.74, 6) is -1.40. The third-order valence-electron chi connectivity index (χ3n) is 2.71. The molecule has 1 unspecified atom stereocenters. The molecule has 6 nitrogen and oxygen atoms in total. The molecule has 1 amide bonds. The van der Waals surface area contributed by atoms with Crippen molar-refractivity contribution in [2.75, 3.05) is 31.6 Å². The van der Waals surface area contributed by atoms with E-state index in [4.69, 9.17) is 4.74 Å². The molecule has 1 fully saturated rings. The molecule has 0 saturated carbocycles. The molecule has 0 aromatic carbocycles. The van der Waals surface area contributed by atoms with Crippen LogP contribution in [0, 0.1) is 0 Å². The summed E-state index contributed by atoms with van der Waals surface area (Å²) in [6.07, 6.45) is -4.58.